The van der Waals surface area contributed by atoms with E-state index in [1.54, 1.807) is 30.5 Å². The predicted molar refractivity (Wildman–Crippen MR) is 71.4 cm³/mol. The smallest absolute Gasteiger partial charge is 0.251 e. The van der Waals surface area contributed by atoms with Crippen LogP contribution in [0.4, 0.5) is 0 Å². The summed E-state index contributed by atoms with van der Waals surface area (Å²) in [5, 5.41) is 11.6. The van der Waals surface area contributed by atoms with Gasteiger partial charge in [0.25, 0.3) is 5.91 Å². The van der Waals surface area contributed by atoms with E-state index in [0.29, 0.717) is 24.1 Å². The summed E-state index contributed by atoms with van der Waals surface area (Å²) in [4.78, 5) is 16.0. The molecule has 1 amide bonds. The van der Waals surface area contributed by atoms with Gasteiger partial charge in [0.1, 0.15) is 0 Å². The van der Waals surface area contributed by atoms with Gasteiger partial charge in [-0.1, -0.05) is 12.1 Å². The third-order valence-electron chi connectivity index (χ3n) is 2.65. The Balaban J connectivity index is 1.89. The maximum Gasteiger partial charge on any atom is 0.251 e. The molecule has 0 aliphatic heterocycles. The Morgan fingerprint density at radius 1 is 1.26 bits per heavy atom. The van der Waals surface area contributed by atoms with Crippen LogP contribution >= 0.6 is 0 Å². The van der Waals surface area contributed by atoms with Crippen LogP contribution in [0.25, 0.3) is 0 Å². The Hall–Kier alpha value is -2.67. The van der Waals surface area contributed by atoms with Crippen LogP contribution in [0.2, 0.25) is 0 Å². The lowest BCUT2D eigenvalue weighted by atomic mass is 10.1. The monoisotopic (exact) mass is 251 g/mol. The number of carbonyl (C=O) groups is 1. The number of benzene rings is 1. The van der Waals surface area contributed by atoms with E-state index in [9.17, 15) is 4.79 Å². The summed E-state index contributed by atoms with van der Waals surface area (Å²) in [6.45, 7) is 0.520. The summed E-state index contributed by atoms with van der Waals surface area (Å²) in [5.41, 5.74) is 1.92. The third kappa shape index (κ3) is 3.65. The van der Waals surface area contributed by atoms with Crippen molar-refractivity contribution in [2.45, 2.75) is 6.42 Å². The van der Waals surface area contributed by atoms with Crippen molar-refractivity contribution in [2.75, 3.05) is 6.54 Å². The van der Waals surface area contributed by atoms with Gasteiger partial charge in [0.15, 0.2) is 0 Å². The molecule has 0 fully saturated rings. The highest BCUT2D eigenvalue weighted by molar-refractivity contribution is 5.94. The van der Waals surface area contributed by atoms with E-state index in [0.717, 1.165) is 5.69 Å². The number of pyridine rings is 1. The van der Waals surface area contributed by atoms with E-state index >= 15 is 0 Å². The number of carbonyl (C=O) groups excluding carboxylic acids is 1. The Bertz CT molecular complexity index is 602. The van der Waals surface area contributed by atoms with Crippen molar-refractivity contribution in [1.29, 1.82) is 5.26 Å². The molecule has 0 atom stereocenters. The lowest BCUT2D eigenvalue weighted by molar-refractivity contribution is 0.0954. The highest BCUT2D eigenvalue weighted by Gasteiger charge is 2.05. The summed E-state index contributed by atoms with van der Waals surface area (Å²) in [7, 11) is 0. The van der Waals surface area contributed by atoms with E-state index in [1.807, 2.05) is 24.3 Å². The van der Waals surface area contributed by atoms with Gasteiger partial charge in [-0.05, 0) is 30.3 Å². The molecule has 0 saturated carbocycles. The van der Waals surface area contributed by atoms with Crippen LogP contribution in [0.3, 0.4) is 0 Å². The highest BCUT2D eigenvalue weighted by Crippen LogP contribution is 2.04. The van der Waals surface area contributed by atoms with Gasteiger partial charge < -0.3 is 5.32 Å². The average molecular weight is 251 g/mol. The first-order valence-electron chi connectivity index (χ1n) is 5.98. The molecular formula is C15H13N3O. The Morgan fingerprint density at radius 2 is 2.16 bits per heavy atom. The molecule has 1 heterocycles. The summed E-state index contributed by atoms with van der Waals surface area (Å²) in [6, 6.07) is 14.3. The molecule has 0 radical (unpaired) electrons. The molecule has 94 valence electrons. The second-order valence-corrected chi connectivity index (χ2v) is 4.02. The zero-order valence-corrected chi connectivity index (χ0v) is 10.3. The fourth-order valence-electron chi connectivity index (χ4n) is 1.68. The van der Waals surface area contributed by atoms with Crippen molar-refractivity contribution < 1.29 is 4.79 Å². The van der Waals surface area contributed by atoms with E-state index < -0.39 is 0 Å². The van der Waals surface area contributed by atoms with Gasteiger partial charge in [0.05, 0.1) is 11.6 Å². The van der Waals surface area contributed by atoms with E-state index in [-0.39, 0.29) is 5.91 Å². The molecule has 0 unspecified atom stereocenters. The number of nitrogens with one attached hydrogen (secondary N) is 1. The minimum Gasteiger partial charge on any atom is -0.352 e. The van der Waals surface area contributed by atoms with Crippen LogP contribution in [0.15, 0.2) is 48.7 Å². The van der Waals surface area contributed by atoms with Gasteiger partial charge in [-0.25, -0.2) is 0 Å². The molecule has 0 spiro atoms. The molecule has 0 saturated heterocycles. The zero-order valence-electron chi connectivity index (χ0n) is 10.3. The number of amides is 1. The quantitative estimate of drug-likeness (QED) is 0.902. The second-order valence-electron chi connectivity index (χ2n) is 4.02. The molecule has 0 aliphatic carbocycles. The van der Waals surface area contributed by atoms with Crippen LogP contribution in [0.1, 0.15) is 21.6 Å². The van der Waals surface area contributed by atoms with E-state index in [4.69, 9.17) is 5.26 Å². The lowest BCUT2D eigenvalue weighted by Gasteiger charge is -2.05. The van der Waals surface area contributed by atoms with E-state index in [2.05, 4.69) is 10.3 Å². The average Bonchev–Trinajstić information content (AvgIpc) is 2.48. The summed E-state index contributed by atoms with van der Waals surface area (Å²) in [6.07, 6.45) is 2.41. The number of hydrogen-bond acceptors (Lipinski definition) is 3. The van der Waals surface area contributed by atoms with Gasteiger partial charge >= 0.3 is 0 Å². The molecule has 0 aliphatic rings. The molecule has 2 rings (SSSR count). The largest absolute Gasteiger partial charge is 0.352 e. The summed E-state index contributed by atoms with van der Waals surface area (Å²) in [5.74, 6) is -0.173. The number of nitrogens with zero attached hydrogens (tertiary/aromatic N) is 2. The van der Waals surface area contributed by atoms with E-state index in [1.165, 1.54) is 0 Å². The first-order valence-corrected chi connectivity index (χ1v) is 5.98. The standard InChI is InChI=1S/C15H13N3O/c16-11-12-4-3-5-13(10-12)15(19)18-9-7-14-6-1-2-8-17-14/h1-6,8,10H,7,9H2,(H,18,19). The second kappa shape index (κ2) is 6.31. The minimum atomic E-state index is -0.173. The lowest BCUT2D eigenvalue weighted by Crippen LogP contribution is -2.25. The number of aromatic nitrogens is 1. The van der Waals surface area contributed by atoms with Crippen LogP contribution in [0, 0.1) is 11.3 Å². The van der Waals surface area contributed by atoms with Gasteiger partial charge in [-0.3, -0.25) is 9.78 Å². The maximum atomic E-state index is 11.9. The highest BCUT2D eigenvalue weighted by atomic mass is 16.1. The first-order chi connectivity index (χ1) is 9.29. The predicted octanol–water partition coefficient (Wildman–Crippen LogP) is 1.93. The van der Waals surface area contributed by atoms with Crippen molar-refractivity contribution >= 4 is 5.91 Å². The molecule has 1 aromatic carbocycles. The van der Waals surface area contributed by atoms with Crippen LogP contribution in [-0.2, 0) is 6.42 Å². The SMILES string of the molecule is N#Cc1cccc(C(=O)NCCc2ccccn2)c1. The summed E-state index contributed by atoms with van der Waals surface area (Å²) >= 11 is 0. The Labute approximate surface area is 111 Å². The number of nitriles is 1. The van der Waals surface area contributed by atoms with Crippen LogP contribution < -0.4 is 5.32 Å². The molecular weight excluding hydrogens is 238 g/mol. The van der Waals surface area contributed by atoms with Gasteiger partial charge in [-0.15, -0.1) is 0 Å². The van der Waals surface area contributed by atoms with Gasteiger partial charge in [-0.2, -0.15) is 5.26 Å². The Morgan fingerprint density at radius 3 is 2.89 bits per heavy atom. The number of rotatable bonds is 4. The van der Waals surface area contributed by atoms with Crippen molar-refractivity contribution in [2.24, 2.45) is 0 Å². The molecule has 4 nitrogen and oxygen atoms in total. The molecule has 19 heavy (non-hydrogen) atoms. The first kappa shape index (κ1) is 12.8. The maximum absolute atomic E-state index is 11.9. The van der Waals surface area contributed by atoms with Crippen LogP contribution in [-0.4, -0.2) is 17.4 Å². The topological polar surface area (TPSA) is 65.8 Å². The van der Waals surface area contributed by atoms with Crippen LogP contribution in [0.5, 0.6) is 0 Å². The molecule has 4 heteroatoms. The molecule has 0 bridgehead atoms. The minimum absolute atomic E-state index is 0.173. The zero-order chi connectivity index (χ0) is 13.5. The summed E-state index contributed by atoms with van der Waals surface area (Å²) < 4.78 is 0. The molecule has 1 N–H and O–H groups in total. The van der Waals surface area contributed by atoms with Gasteiger partial charge in [0, 0.05) is 30.4 Å². The molecule has 1 aromatic heterocycles. The van der Waals surface area contributed by atoms with Gasteiger partial charge in [0.2, 0.25) is 0 Å². The normalized spacial score (nSPS) is 9.63. The molecule has 2 aromatic rings. The Kier molecular flexibility index (Phi) is 4.25. The van der Waals surface area contributed by atoms with Crippen molar-refractivity contribution in [3.8, 4) is 6.07 Å². The van der Waals surface area contributed by atoms with Crippen molar-refractivity contribution in [3.63, 3.8) is 0 Å². The van der Waals surface area contributed by atoms with Crippen molar-refractivity contribution in [3.05, 3.63) is 65.5 Å². The van der Waals surface area contributed by atoms with Crippen molar-refractivity contribution in [1.82, 2.24) is 10.3 Å². The fraction of sp³-hybridized carbons (Fsp3) is 0.133. The third-order valence-corrected chi connectivity index (χ3v) is 2.65. The number of hydrogen-bond donors (Lipinski definition) is 1. The fourth-order valence-corrected chi connectivity index (χ4v) is 1.68.